The Hall–Kier alpha value is -3.26. The van der Waals surface area contributed by atoms with E-state index in [0.29, 0.717) is 28.7 Å². The summed E-state index contributed by atoms with van der Waals surface area (Å²) < 4.78 is 26.5. The highest BCUT2D eigenvalue weighted by molar-refractivity contribution is 7.13. The van der Waals surface area contributed by atoms with Gasteiger partial charge in [0.1, 0.15) is 28.7 Å². The summed E-state index contributed by atoms with van der Waals surface area (Å²) in [6, 6.07) is 10.7. The van der Waals surface area contributed by atoms with Crippen molar-refractivity contribution in [2.75, 3.05) is 28.4 Å². The SMILES string of the molecule is COc1ccc(-c2nc(COC(=O)c3c(OC)cccc3OC)cs2)cc1OC. The molecule has 1 aromatic heterocycles. The van der Waals surface area contributed by atoms with Crippen molar-refractivity contribution in [2.24, 2.45) is 0 Å². The molecule has 0 saturated carbocycles. The van der Waals surface area contributed by atoms with Gasteiger partial charge in [-0.3, -0.25) is 0 Å². The monoisotopic (exact) mass is 415 g/mol. The van der Waals surface area contributed by atoms with Gasteiger partial charge in [0.25, 0.3) is 0 Å². The van der Waals surface area contributed by atoms with Crippen LogP contribution in [-0.4, -0.2) is 39.4 Å². The molecule has 1 heterocycles. The Labute approximate surface area is 172 Å². The van der Waals surface area contributed by atoms with Gasteiger partial charge < -0.3 is 23.7 Å². The van der Waals surface area contributed by atoms with E-state index >= 15 is 0 Å². The predicted molar refractivity (Wildman–Crippen MR) is 109 cm³/mol. The first-order valence-electron chi connectivity index (χ1n) is 8.66. The highest BCUT2D eigenvalue weighted by Gasteiger charge is 2.20. The number of nitrogens with zero attached hydrogens (tertiary/aromatic N) is 1. The van der Waals surface area contributed by atoms with Crippen LogP contribution < -0.4 is 18.9 Å². The Morgan fingerprint density at radius 1 is 0.897 bits per heavy atom. The van der Waals surface area contributed by atoms with Crippen molar-refractivity contribution >= 4 is 17.3 Å². The molecule has 2 aromatic carbocycles. The second kappa shape index (κ2) is 9.29. The molecule has 0 saturated heterocycles. The molecule has 8 heteroatoms. The molecule has 0 radical (unpaired) electrons. The summed E-state index contributed by atoms with van der Waals surface area (Å²) >= 11 is 1.45. The zero-order chi connectivity index (χ0) is 20.8. The lowest BCUT2D eigenvalue weighted by atomic mass is 10.2. The molecule has 0 aliphatic heterocycles. The maximum atomic E-state index is 12.6. The van der Waals surface area contributed by atoms with Crippen molar-refractivity contribution in [3.05, 3.63) is 53.0 Å². The topological polar surface area (TPSA) is 76.1 Å². The molecule has 29 heavy (non-hydrogen) atoms. The first-order valence-corrected chi connectivity index (χ1v) is 9.54. The number of hydrogen-bond acceptors (Lipinski definition) is 8. The lowest BCUT2D eigenvalue weighted by Crippen LogP contribution is -2.09. The van der Waals surface area contributed by atoms with E-state index in [1.165, 1.54) is 25.6 Å². The van der Waals surface area contributed by atoms with Crippen LogP contribution in [0.3, 0.4) is 0 Å². The molecule has 7 nitrogen and oxygen atoms in total. The molecular formula is C21H21NO6S. The number of carbonyl (C=O) groups is 1. The zero-order valence-corrected chi connectivity index (χ0v) is 17.4. The largest absolute Gasteiger partial charge is 0.496 e. The fraction of sp³-hybridized carbons (Fsp3) is 0.238. The van der Waals surface area contributed by atoms with Crippen LogP contribution in [0, 0.1) is 0 Å². The van der Waals surface area contributed by atoms with Gasteiger partial charge in [-0.15, -0.1) is 11.3 Å². The molecule has 0 aliphatic rings. The lowest BCUT2D eigenvalue weighted by Gasteiger charge is -2.11. The summed E-state index contributed by atoms with van der Waals surface area (Å²) in [6.45, 7) is 0.0316. The van der Waals surface area contributed by atoms with Crippen LogP contribution >= 0.6 is 11.3 Å². The van der Waals surface area contributed by atoms with E-state index in [9.17, 15) is 4.79 Å². The normalized spacial score (nSPS) is 10.3. The standard InChI is InChI=1S/C21H21NO6S/c1-24-15-9-8-13(10-18(15)27-4)20-22-14(12-29-20)11-28-21(23)19-16(25-2)6-5-7-17(19)26-3/h5-10,12H,11H2,1-4H3. The minimum absolute atomic E-state index is 0.0316. The average Bonchev–Trinajstić information content (AvgIpc) is 3.25. The molecule has 3 aromatic rings. The van der Waals surface area contributed by atoms with Crippen LogP contribution in [-0.2, 0) is 11.3 Å². The first kappa shape index (κ1) is 20.5. The van der Waals surface area contributed by atoms with Gasteiger partial charge in [0.05, 0.1) is 34.1 Å². The van der Waals surface area contributed by atoms with E-state index in [4.69, 9.17) is 23.7 Å². The molecule has 0 fully saturated rings. The number of ether oxygens (including phenoxy) is 5. The third kappa shape index (κ3) is 4.43. The van der Waals surface area contributed by atoms with Crippen LogP contribution in [0.25, 0.3) is 10.6 Å². The van der Waals surface area contributed by atoms with Gasteiger partial charge in [-0.1, -0.05) is 6.07 Å². The van der Waals surface area contributed by atoms with Crippen molar-refractivity contribution in [3.63, 3.8) is 0 Å². The lowest BCUT2D eigenvalue weighted by molar-refractivity contribution is 0.0461. The number of methoxy groups -OCH3 is 4. The Bertz CT molecular complexity index is 978. The summed E-state index contributed by atoms with van der Waals surface area (Å²) in [4.78, 5) is 17.1. The van der Waals surface area contributed by atoms with Gasteiger partial charge in [0.15, 0.2) is 11.5 Å². The van der Waals surface area contributed by atoms with E-state index in [1.54, 1.807) is 32.4 Å². The Morgan fingerprint density at radius 2 is 1.55 bits per heavy atom. The fourth-order valence-corrected chi connectivity index (χ4v) is 3.54. The van der Waals surface area contributed by atoms with Crippen LogP contribution in [0.5, 0.6) is 23.0 Å². The second-order valence-corrected chi connectivity index (χ2v) is 6.69. The second-order valence-electron chi connectivity index (χ2n) is 5.83. The third-order valence-electron chi connectivity index (χ3n) is 4.17. The van der Waals surface area contributed by atoms with Gasteiger partial charge in [-0.05, 0) is 30.3 Å². The van der Waals surface area contributed by atoms with Gasteiger partial charge in [0.2, 0.25) is 0 Å². The summed E-state index contributed by atoms with van der Waals surface area (Å²) in [5.74, 6) is 1.50. The van der Waals surface area contributed by atoms with Crippen molar-refractivity contribution in [2.45, 2.75) is 6.61 Å². The molecule has 0 atom stereocenters. The number of rotatable bonds is 8. The molecular weight excluding hydrogens is 394 g/mol. The molecule has 0 bridgehead atoms. The minimum atomic E-state index is -0.542. The van der Waals surface area contributed by atoms with E-state index in [1.807, 2.05) is 23.6 Å². The van der Waals surface area contributed by atoms with Gasteiger partial charge >= 0.3 is 5.97 Å². The molecule has 152 valence electrons. The van der Waals surface area contributed by atoms with E-state index < -0.39 is 5.97 Å². The number of hydrogen-bond donors (Lipinski definition) is 0. The van der Waals surface area contributed by atoms with Gasteiger partial charge in [0, 0.05) is 10.9 Å². The first-order chi connectivity index (χ1) is 14.1. The molecule has 0 N–H and O–H groups in total. The number of thiazole rings is 1. The number of esters is 1. The summed E-state index contributed by atoms with van der Waals surface area (Å²) in [6.07, 6.45) is 0. The van der Waals surface area contributed by atoms with E-state index in [-0.39, 0.29) is 12.2 Å². The number of benzene rings is 2. The molecule has 0 amide bonds. The molecule has 0 spiro atoms. The number of carbonyl (C=O) groups excluding carboxylic acids is 1. The predicted octanol–water partition coefficient (Wildman–Crippen LogP) is 4.20. The summed E-state index contributed by atoms with van der Waals surface area (Å²) in [5.41, 5.74) is 1.77. The Balaban J connectivity index is 1.74. The van der Waals surface area contributed by atoms with Crippen LogP contribution in [0.4, 0.5) is 0 Å². The fourth-order valence-electron chi connectivity index (χ4n) is 2.74. The van der Waals surface area contributed by atoms with Crippen molar-refractivity contribution in [1.82, 2.24) is 4.98 Å². The van der Waals surface area contributed by atoms with Crippen molar-refractivity contribution < 1.29 is 28.5 Å². The molecule has 3 rings (SSSR count). The van der Waals surface area contributed by atoms with Crippen LogP contribution in [0.15, 0.2) is 41.8 Å². The Kier molecular flexibility index (Phi) is 6.56. The van der Waals surface area contributed by atoms with Gasteiger partial charge in [-0.2, -0.15) is 0 Å². The zero-order valence-electron chi connectivity index (χ0n) is 16.6. The smallest absolute Gasteiger partial charge is 0.346 e. The molecule has 0 unspecified atom stereocenters. The maximum Gasteiger partial charge on any atom is 0.346 e. The highest BCUT2D eigenvalue weighted by Crippen LogP contribution is 2.34. The minimum Gasteiger partial charge on any atom is -0.496 e. The summed E-state index contributed by atoms with van der Waals surface area (Å²) in [7, 11) is 6.15. The van der Waals surface area contributed by atoms with Crippen LogP contribution in [0.2, 0.25) is 0 Å². The maximum absolute atomic E-state index is 12.6. The van der Waals surface area contributed by atoms with Gasteiger partial charge in [-0.25, -0.2) is 9.78 Å². The highest BCUT2D eigenvalue weighted by atomic mass is 32.1. The Morgan fingerprint density at radius 3 is 2.17 bits per heavy atom. The van der Waals surface area contributed by atoms with Crippen molar-refractivity contribution in [3.8, 4) is 33.6 Å². The third-order valence-corrected chi connectivity index (χ3v) is 5.11. The quantitative estimate of drug-likeness (QED) is 0.510. The van der Waals surface area contributed by atoms with E-state index in [2.05, 4.69) is 4.98 Å². The van der Waals surface area contributed by atoms with E-state index in [0.717, 1.165) is 10.6 Å². The van der Waals surface area contributed by atoms with Crippen LogP contribution in [0.1, 0.15) is 16.1 Å². The molecule has 0 aliphatic carbocycles. The number of aromatic nitrogens is 1. The summed E-state index contributed by atoms with van der Waals surface area (Å²) in [5, 5.41) is 2.63. The average molecular weight is 415 g/mol. The van der Waals surface area contributed by atoms with Crippen molar-refractivity contribution in [1.29, 1.82) is 0 Å².